The molecule has 1 amide bonds. The molecule has 0 aromatic carbocycles. The number of carbonyl (C=O) groups is 2. The summed E-state index contributed by atoms with van der Waals surface area (Å²) in [5.74, 6) is -1.00. The van der Waals surface area contributed by atoms with Gasteiger partial charge in [-0.15, -0.1) is 0 Å². The minimum absolute atomic E-state index is 0.0552. The van der Waals surface area contributed by atoms with Gasteiger partial charge >= 0.3 is 5.97 Å². The van der Waals surface area contributed by atoms with Gasteiger partial charge < -0.3 is 15.7 Å². The van der Waals surface area contributed by atoms with Gasteiger partial charge in [0.2, 0.25) is 5.91 Å². The molecule has 0 radical (unpaired) electrons. The van der Waals surface area contributed by atoms with Crippen molar-refractivity contribution in [3.8, 4) is 0 Å². The summed E-state index contributed by atoms with van der Waals surface area (Å²) in [4.78, 5) is 24.9. The van der Waals surface area contributed by atoms with Gasteiger partial charge in [-0.3, -0.25) is 9.59 Å². The molecular formula is C14H26N2O3. The second-order valence-electron chi connectivity index (χ2n) is 5.98. The van der Waals surface area contributed by atoms with Gasteiger partial charge in [-0.25, -0.2) is 0 Å². The number of nitrogens with zero attached hydrogens (tertiary/aromatic N) is 1. The maximum Gasteiger partial charge on any atom is 0.306 e. The summed E-state index contributed by atoms with van der Waals surface area (Å²) in [5, 5.41) is 9.23. The molecule has 0 saturated heterocycles. The molecule has 3 atom stereocenters. The molecule has 0 spiro atoms. The number of carboxylic acids is 1. The first-order chi connectivity index (χ1) is 8.84. The molecule has 5 nitrogen and oxygen atoms in total. The highest BCUT2D eigenvalue weighted by Crippen LogP contribution is 2.30. The fourth-order valence-corrected chi connectivity index (χ4v) is 2.73. The van der Waals surface area contributed by atoms with Crippen molar-refractivity contribution < 1.29 is 14.7 Å². The predicted octanol–water partition coefficient (Wildman–Crippen LogP) is 1.32. The molecule has 1 rings (SSSR count). The lowest BCUT2D eigenvalue weighted by Gasteiger charge is -2.33. The van der Waals surface area contributed by atoms with E-state index in [4.69, 9.17) is 5.73 Å². The number of rotatable bonds is 5. The van der Waals surface area contributed by atoms with Crippen molar-refractivity contribution in [3.63, 3.8) is 0 Å². The standard InChI is InChI=1S/C14H26N2O3/c1-9(2)12(15)13(17)16(3)8-10-6-4-5-7-11(10)14(18)19/h9-12H,4-8,15H2,1-3H3,(H,18,19)/t10-,11-,12-/m0/s1. The van der Waals surface area contributed by atoms with Crippen molar-refractivity contribution in [1.82, 2.24) is 4.90 Å². The molecule has 5 heteroatoms. The Labute approximate surface area is 115 Å². The van der Waals surface area contributed by atoms with E-state index in [1.807, 2.05) is 13.8 Å². The largest absolute Gasteiger partial charge is 0.481 e. The monoisotopic (exact) mass is 270 g/mol. The number of carbonyl (C=O) groups excluding carboxylic acids is 1. The second kappa shape index (κ2) is 6.89. The Hall–Kier alpha value is -1.10. The normalized spacial score (nSPS) is 25.1. The Morgan fingerprint density at radius 3 is 2.42 bits per heavy atom. The van der Waals surface area contributed by atoms with Crippen LogP contribution < -0.4 is 5.73 Å². The van der Waals surface area contributed by atoms with E-state index < -0.39 is 12.0 Å². The van der Waals surface area contributed by atoms with Crippen LogP contribution in [0.2, 0.25) is 0 Å². The van der Waals surface area contributed by atoms with E-state index in [0.717, 1.165) is 25.7 Å². The molecule has 1 saturated carbocycles. The Morgan fingerprint density at radius 2 is 1.89 bits per heavy atom. The number of aliphatic carboxylic acids is 1. The van der Waals surface area contributed by atoms with Crippen molar-refractivity contribution in [2.75, 3.05) is 13.6 Å². The van der Waals surface area contributed by atoms with E-state index in [9.17, 15) is 14.7 Å². The fourth-order valence-electron chi connectivity index (χ4n) is 2.73. The molecule has 0 aliphatic heterocycles. The third-order valence-electron chi connectivity index (χ3n) is 4.11. The van der Waals surface area contributed by atoms with Crippen LogP contribution in [0, 0.1) is 17.8 Å². The van der Waals surface area contributed by atoms with Crippen LogP contribution in [0.25, 0.3) is 0 Å². The molecule has 3 N–H and O–H groups in total. The summed E-state index contributed by atoms with van der Waals surface area (Å²) in [6.07, 6.45) is 3.62. The van der Waals surface area contributed by atoms with Crippen molar-refractivity contribution in [2.45, 2.75) is 45.6 Å². The highest BCUT2D eigenvalue weighted by atomic mass is 16.4. The summed E-state index contributed by atoms with van der Waals surface area (Å²) < 4.78 is 0. The topological polar surface area (TPSA) is 83.6 Å². The van der Waals surface area contributed by atoms with E-state index in [1.54, 1.807) is 11.9 Å². The van der Waals surface area contributed by atoms with Crippen LogP contribution in [0.15, 0.2) is 0 Å². The predicted molar refractivity (Wildman–Crippen MR) is 73.5 cm³/mol. The molecule has 1 aliphatic carbocycles. The lowest BCUT2D eigenvalue weighted by molar-refractivity contribution is -0.146. The highest BCUT2D eigenvalue weighted by Gasteiger charge is 2.33. The highest BCUT2D eigenvalue weighted by molar-refractivity contribution is 5.81. The summed E-state index contributed by atoms with van der Waals surface area (Å²) in [7, 11) is 1.72. The average molecular weight is 270 g/mol. The Morgan fingerprint density at radius 1 is 1.32 bits per heavy atom. The Bertz CT molecular complexity index is 331. The number of hydrogen-bond acceptors (Lipinski definition) is 3. The lowest BCUT2D eigenvalue weighted by Crippen LogP contribution is -2.47. The van der Waals surface area contributed by atoms with Crippen LogP contribution in [-0.4, -0.2) is 41.5 Å². The van der Waals surface area contributed by atoms with Crippen LogP contribution in [0.3, 0.4) is 0 Å². The fraction of sp³-hybridized carbons (Fsp3) is 0.857. The lowest BCUT2D eigenvalue weighted by atomic mass is 9.79. The van der Waals surface area contributed by atoms with E-state index in [2.05, 4.69) is 0 Å². The summed E-state index contributed by atoms with van der Waals surface area (Å²) in [6.45, 7) is 4.32. The zero-order chi connectivity index (χ0) is 14.6. The molecule has 0 bridgehead atoms. The summed E-state index contributed by atoms with van der Waals surface area (Å²) >= 11 is 0. The van der Waals surface area contributed by atoms with Crippen molar-refractivity contribution in [2.24, 2.45) is 23.5 Å². The molecule has 1 aliphatic rings. The van der Waals surface area contributed by atoms with Gasteiger partial charge in [0.1, 0.15) is 0 Å². The number of nitrogens with two attached hydrogens (primary N) is 1. The van der Waals surface area contributed by atoms with Crippen LogP contribution in [0.5, 0.6) is 0 Å². The summed E-state index contributed by atoms with van der Waals surface area (Å²) in [5.41, 5.74) is 5.85. The Balaban J connectivity index is 2.61. The number of carboxylic acid groups (broad SMARTS) is 1. The molecule has 1 fully saturated rings. The first-order valence-electron chi connectivity index (χ1n) is 7.08. The molecule has 0 aromatic heterocycles. The van der Waals surface area contributed by atoms with Crippen molar-refractivity contribution in [3.05, 3.63) is 0 Å². The van der Waals surface area contributed by atoms with Gasteiger partial charge in [0.25, 0.3) is 0 Å². The van der Waals surface area contributed by atoms with Gasteiger partial charge in [-0.05, 0) is 24.7 Å². The SMILES string of the molecule is CC(C)[C@H](N)C(=O)N(C)C[C@@H]1CCCC[C@@H]1C(=O)O. The molecule has 19 heavy (non-hydrogen) atoms. The van der Waals surface area contributed by atoms with Gasteiger partial charge in [0.15, 0.2) is 0 Å². The van der Waals surface area contributed by atoms with Crippen molar-refractivity contribution in [1.29, 1.82) is 0 Å². The van der Waals surface area contributed by atoms with E-state index >= 15 is 0 Å². The maximum atomic E-state index is 12.1. The van der Waals surface area contributed by atoms with Gasteiger partial charge in [0, 0.05) is 13.6 Å². The molecule has 0 aromatic rings. The van der Waals surface area contributed by atoms with Gasteiger partial charge in [-0.2, -0.15) is 0 Å². The average Bonchev–Trinajstić information content (AvgIpc) is 2.37. The smallest absolute Gasteiger partial charge is 0.306 e. The first-order valence-corrected chi connectivity index (χ1v) is 7.08. The van der Waals surface area contributed by atoms with Gasteiger partial charge in [-0.1, -0.05) is 26.7 Å². The van der Waals surface area contributed by atoms with Gasteiger partial charge in [0.05, 0.1) is 12.0 Å². The second-order valence-corrected chi connectivity index (χ2v) is 5.98. The Kier molecular flexibility index (Phi) is 5.79. The first kappa shape index (κ1) is 16.0. The van der Waals surface area contributed by atoms with Crippen LogP contribution >= 0.6 is 0 Å². The number of amides is 1. The van der Waals surface area contributed by atoms with Crippen LogP contribution in [0.1, 0.15) is 39.5 Å². The third kappa shape index (κ3) is 4.20. The minimum Gasteiger partial charge on any atom is -0.481 e. The van der Waals surface area contributed by atoms with E-state index in [0.29, 0.717) is 6.54 Å². The van der Waals surface area contributed by atoms with E-state index in [1.165, 1.54) is 0 Å². The molecule has 0 heterocycles. The summed E-state index contributed by atoms with van der Waals surface area (Å²) in [6, 6.07) is -0.503. The zero-order valence-corrected chi connectivity index (χ0v) is 12.1. The third-order valence-corrected chi connectivity index (χ3v) is 4.11. The molecule has 0 unspecified atom stereocenters. The van der Waals surface area contributed by atoms with Crippen LogP contribution in [0.4, 0.5) is 0 Å². The number of hydrogen-bond donors (Lipinski definition) is 2. The quantitative estimate of drug-likeness (QED) is 0.789. The maximum absolute atomic E-state index is 12.1. The van der Waals surface area contributed by atoms with E-state index in [-0.39, 0.29) is 23.7 Å². The minimum atomic E-state index is -0.737. The van der Waals surface area contributed by atoms with Crippen molar-refractivity contribution >= 4 is 11.9 Å². The van der Waals surface area contributed by atoms with Crippen LogP contribution in [-0.2, 0) is 9.59 Å². The molecular weight excluding hydrogens is 244 g/mol. The molecule has 110 valence electrons. The number of likely N-dealkylation sites (N-methyl/N-ethyl adjacent to an activating group) is 1. The zero-order valence-electron chi connectivity index (χ0n) is 12.1.